The molecule has 0 aromatic heterocycles. The number of phenols is 2. The highest BCUT2D eigenvalue weighted by molar-refractivity contribution is 9.11. The van der Waals surface area contributed by atoms with Crippen molar-refractivity contribution in [2.45, 2.75) is 0 Å². The number of carbonyl (C=O) groups excluding carboxylic acids is 1. The van der Waals surface area contributed by atoms with Gasteiger partial charge in [0.25, 0.3) is 5.91 Å². The summed E-state index contributed by atoms with van der Waals surface area (Å²) < 4.78 is 7.68. The summed E-state index contributed by atoms with van der Waals surface area (Å²) in [4.78, 5) is 12.6. The predicted molar refractivity (Wildman–Crippen MR) is 131 cm³/mol. The van der Waals surface area contributed by atoms with E-state index in [2.05, 4.69) is 53.1 Å². The van der Waals surface area contributed by atoms with Gasteiger partial charge in [-0.3, -0.25) is 4.79 Å². The highest BCUT2D eigenvalue weighted by atomic mass is 79.9. The first kappa shape index (κ1) is 21.7. The lowest BCUT2D eigenvalue weighted by molar-refractivity contribution is 0.102. The van der Waals surface area contributed by atoms with Gasteiger partial charge < -0.3 is 20.3 Å². The van der Waals surface area contributed by atoms with Gasteiger partial charge in [0.2, 0.25) is 0 Å². The minimum Gasteiger partial charge on any atom is -0.506 e. The van der Waals surface area contributed by atoms with Gasteiger partial charge in [-0.15, -0.1) is 0 Å². The number of hydrogen-bond donors (Lipinski definition) is 3. The molecular formula is C23H14Br3NO4. The van der Waals surface area contributed by atoms with E-state index in [1.807, 2.05) is 36.4 Å². The van der Waals surface area contributed by atoms with Gasteiger partial charge in [-0.25, -0.2) is 0 Å². The van der Waals surface area contributed by atoms with Crippen molar-refractivity contribution in [3.8, 4) is 23.0 Å². The smallest absolute Gasteiger partial charge is 0.259 e. The quantitative estimate of drug-likeness (QED) is 0.223. The zero-order valence-electron chi connectivity index (χ0n) is 15.7. The van der Waals surface area contributed by atoms with Crippen molar-refractivity contribution in [3.05, 3.63) is 85.7 Å². The molecule has 1 amide bonds. The number of halogens is 3. The third-order valence-corrected chi connectivity index (χ3v) is 6.42. The Morgan fingerprint density at radius 1 is 0.871 bits per heavy atom. The van der Waals surface area contributed by atoms with Gasteiger partial charge in [0.05, 0.1) is 14.5 Å². The van der Waals surface area contributed by atoms with Gasteiger partial charge >= 0.3 is 0 Å². The van der Waals surface area contributed by atoms with Gasteiger partial charge in [0, 0.05) is 16.2 Å². The summed E-state index contributed by atoms with van der Waals surface area (Å²) >= 11 is 10.1. The molecule has 0 unspecified atom stereocenters. The second kappa shape index (κ2) is 8.90. The molecule has 31 heavy (non-hydrogen) atoms. The van der Waals surface area contributed by atoms with Crippen molar-refractivity contribution >= 4 is 70.2 Å². The van der Waals surface area contributed by atoms with Crippen LogP contribution >= 0.6 is 47.8 Å². The van der Waals surface area contributed by atoms with Crippen LogP contribution < -0.4 is 10.1 Å². The van der Waals surface area contributed by atoms with Crippen molar-refractivity contribution < 1.29 is 19.7 Å². The first-order valence-electron chi connectivity index (χ1n) is 9.01. The standard InChI is InChI=1S/C23H14Br3NO4/c24-13-9-16(22(29)17(25)10-13)23(30)27-14-6-8-19(18(28)11-14)31-20-7-5-12-3-1-2-4-15(12)21(20)26/h1-11,28-29H,(H,27,30). The number of amides is 1. The molecule has 3 N–H and O–H groups in total. The van der Waals surface area contributed by atoms with Gasteiger partial charge in [0.15, 0.2) is 11.5 Å². The third-order valence-electron chi connectivity index (χ3n) is 4.54. The van der Waals surface area contributed by atoms with E-state index >= 15 is 0 Å². The van der Waals surface area contributed by atoms with E-state index in [0.717, 1.165) is 15.2 Å². The number of nitrogens with one attached hydrogen (secondary N) is 1. The Balaban J connectivity index is 1.56. The summed E-state index contributed by atoms with van der Waals surface area (Å²) in [5, 5.41) is 25.3. The summed E-state index contributed by atoms with van der Waals surface area (Å²) in [5.74, 6) is -0.0508. The van der Waals surface area contributed by atoms with Crippen molar-refractivity contribution in [2.75, 3.05) is 5.32 Å². The first-order valence-corrected chi connectivity index (χ1v) is 11.4. The van der Waals surface area contributed by atoms with E-state index in [9.17, 15) is 15.0 Å². The molecule has 0 heterocycles. The number of ether oxygens (including phenoxy) is 1. The number of anilines is 1. The van der Waals surface area contributed by atoms with Crippen LogP contribution in [0, 0.1) is 0 Å². The number of fused-ring (bicyclic) bond motifs is 1. The molecule has 0 bridgehead atoms. The van der Waals surface area contributed by atoms with E-state index in [0.29, 0.717) is 20.4 Å². The van der Waals surface area contributed by atoms with Gasteiger partial charge in [-0.1, -0.05) is 46.3 Å². The highest BCUT2D eigenvalue weighted by Crippen LogP contribution is 2.39. The monoisotopic (exact) mass is 605 g/mol. The van der Waals surface area contributed by atoms with Crippen LogP contribution in [0.25, 0.3) is 10.8 Å². The Bertz CT molecular complexity index is 1320. The van der Waals surface area contributed by atoms with Crippen LogP contribution in [-0.2, 0) is 0 Å². The van der Waals surface area contributed by atoms with Gasteiger partial charge in [-0.05, 0) is 73.0 Å². The molecule has 156 valence electrons. The number of benzene rings is 4. The van der Waals surface area contributed by atoms with Crippen LogP contribution in [0.2, 0.25) is 0 Å². The number of rotatable bonds is 4. The van der Waals surface area contributed by atoms with Crippen molar-refractivity contribution in [1.82, 2.24) is 0 Å². The van der Waals surface area contributed by atoms with Crippen LogP contribution in [0.15, 0.2) is 80.1 Å². The van der Waals surface area contributed by atoms with Gasteiger partial charge in [0.1, 0.15) is 11.5 Å². The maximum Gasteiger partial charge on any atom is 0.259 e. The minimum atomic E-state index is -0.523. The SMILES string of the molecule is O=C(Nc1ccc(Oc2ccc3ccccc3c2Br)c(O)c1)c1cc(Br)cc(Br)c1O. The van der Waals surface area contributed by atoms with Crippen LogP contribution in [0.1, 0.15) is 10.4 Å². The molecule has 0 saturated carbocycles. The van der Waals surface area contributed by atoms with Crippen molar-refractivity contribution in [1.29, 1.82) is 0 Å². The maximum absolute atomic E-state index is 12.6. The zero-order chi connectivity index (χ0) is 22.1. The molecule has 5 nitrogen and oxygen atoms in total. The molecule has 4 rings (SSSR count). The average molecular weight is 608 g/mol. The lowest BCUT2D eigenvalue weighted by Crippen LogP contribution is -2.12. The van der Waals surface area contributed by atoms with Crippen LogP contribution in [0.4, 0.5) is 5.69 Å². The number of carbonyl (C=O) groups is 1. The molecule has 4 aromatic rings. The average Bonchev–Trinajstić information content (AvgIpc) is 2.74. The number of aromatic hydroxyl groups is 2. The lowest BCUT2D eigenvalue weighted by Gasteiger charge is -2.13. The highest BCUT2D eigenvalue weighted by Gasteiger charge is 2.16. The van der Waals surface area contributed by atoms with E-state index in [1.54, 1.807) is 18.2 Å². The molecule has 0 saturated heterocycles. The van der Waals surface area contributed by atoms with Crippen molar-refractivity contribution in [3.63, 3.8) is 0 Å². The molecule has 0 atom stereocenters. The Hall–Kier alpha value is -2.55. The Morgan fingerprint density at radius 2 is 1.61 bits per heavy atom. The van der Waals surface area contributed by atoms with Crippen LogP contribution in [-0.4, -0.2) is 16.1 Å². The largest absolute Gasteiger partial charge is 0.506 e. The minimum absolute atomic E-state index is 0.0844. The number of phenolic OH excluding ortho intramolecular Hbond substituents is 2. The van der Waals surface area contributed by atoms with E-state index in [1.165, 1.54) is 12.1 Å². The summed E-state index contributed by atoms with van der Waals surface area (Å²) in [6.07, 6.45) is 0. The third kappa shape index (κ3) is 4.56. The molecule has 0 fully saturated rings. The van der Waals surface area contributed by atoms with Crippen molar-refractivity contribution in [2.24, 2.45) is 0 Å². The fraction of sp³-hybridized carbons (Fsp3) is 0. The second-order valence-electron chi connectivity index (χ2n) is 6.62. The fourth-order valence-corrected chi connectivity index (χ4v) is 4.83. The molecule has 0 aliphatic rings. The normalized spacial score (nSPS) is 10.8. The fourth-order valence-electron chi connectivity index (χ4n) is 3.03. The van der Waals surface area contributed by atoms with E-state index < -0.39 is 5.91 Å². The molecular weight excluding hydrogens is 594 g/mol. The lowest BCUT2D eigenvalue weighted by atomic mass is 10.1. The Kier molecular flexibility index (Phi) is 6.22. The molecule has 0 spiro atoms. The van der Waals surface area contributed by atoms with Gasteiger partial charge in [-0.2, -0.15) is 0 Å². The summed E-state index contributed by atoms with van der Waals surface area (Å²) in [5.41, 5.74) is 0.434. The second-order valence-corrected chi connectivity index (χ2v) is 9.18. The predicted octanol–water partition coefficient (Wildman–Crippen LogP) is 7.58. The molecule has 4 aromatic carbocycles. The summed E-state index contributed by atoms with van der Waals surface area (Å²) in [7, 11) is 0. The topological polar surface area (TPSA) is 78.8 Å². The summed E-state index contributed by atoms with van der Waals surface area (Å²) in [6.45, 7) is 0. The molecule has 0 aliphatic heterocycles. The molecule has 8 heteroatoms. The zero-order valence-corrected chi connectivity index (χ0v) is 20.5. The first-order chi connectivity index (χ1) is 14.8. The van der Waals surface area contributed by atoms with Crippen LogP contribution in [0.3, 0.4) is 0 Å². The molecule has 0 radical (unpaired) electrons. The van der Waals surface area contributed by atoms with E-state index in [4.69, 9.17) is 4.74 Å². The summed E-state index contributed by atoms with van der Waals surface area (Å²) in [6, 6.07) is 19.3. The maximum atomic E-state index is 12.6. The number of hydrogen-bond acceptors (Lipinski definition) is 4. The Morgan fingerprint density at radius 3 is 2.39 bits per heavy atom. The molecule has 0 aliphatic carbocycles. The van der Waals surface area contributed by atoms with Crippen LogP contribution in [0.5, 0.6) is 23.0 Å². The van der Waals surface area contributed by atoms with E-state index in [-0.39, 0.29) is 22.8 Å². The Labute approximate surface area is 203 Å².